The van der Waals surface area contributed by atoms with Crippen molar-refractivity contribution in [3.8, 4) is 0 Å². The minimum atomic E-state index is -2.20. The number of nitrogens with one attached hydrogen (secondary N) is 3. The predicted octanol–water partition coefficient (Wildman–Crippen LogP) is 0.781. The summed E-state index contributed by atoms with van der Waals surface area (Å²) in [7, 11) is -1.28. The number of carbonyl (C=O) groups is 7. The molecular weight excluding hydrogens is 751 g/mol. The molecule has 2 saturated heterocycles. The molecule has 0 aliphatic carbocycles. The Kier molecular flexibility index (Phi) is 16.8. The summed E-state index contributed by atoms with van der Waals surface area (Å²) in [6.45, 7) is 4.33. The first-order valence-corrected chi connectivity index (χ1v) is 19.7. The van der Waals surface area contributed by atoms with Gasteiger partial charge in [0, 0.05) is 25.3 Å². The Hall–Kier alpha value is -5.33. The van der Waals surface area contributed by atoms with Crippen LogP contribution in [0.3, 0.4) is 0 Å². The Morgan fingerprint density at radius 2 is 1.38 bits per heavy atom. The number of carboxylic acids is 2. The van der Waals surface area contributed by atoms with Crippen molar-refractivity contribution in [3.63, 3.8) is 0 Å². The highest BCUT2D eigenvalue weighted by Gasteiger charge is 2.58. The van der Waals surface area contributed by atoms with E-state index in [1.54, 1.807) is 0 Å². The molecule has 0 saturated carbocycles. The van der Waals surface area contributed by atoms with Crippen molar-refractivity contribution in [1.29, 1.82) is 0 Å². The van der Waals surface area contributed by atoms with Crippen LogP contribution in [0.2, 0.25) is 5.82 Å². The summed E-state index contributed by atoms with van der Waals surface area (Å²) in [5.41, 5.74) is 11.4. The normalized spacial score (nSPS) is 18.2. The van der Waals surface area contributed by atoms with Crippen LogP contribution in [0.15, 0.2) is 60.7 Å². The second kappa shape index (κ2) is 21.4. The molecule has 18 heteroatoms. The number of benzene rings is 2. The van der Waals surface area contributed by atoms with E-state index in [0.29, 0.717) is 25.8 Å². The van der Waals surface area contributed by atoms with Crippen molar-refractivity contribution in [2.75, 3.05) is 19.6 Å². The van der Waals surface area contributed by atoms with E-state index >= 15 is 0 Å². The first kappa shape index (κ1) is 45.4. The monoisotopic (exact) mass is 806 g/mol. The number of nitrogens with two attached hydrogens (primary N) is 2. The van der Waals surface area contributed by atoms with Gasteiger partial charge in [-0.15, -0.1) is 0 Å². The molecule has 1 unspecified atom stereocenters. The first-order chi connectivity index (χ1) is 27.6. The van der Waals surface area contributed by atoms with Crippen molar-refractivity contribution in [2.24, 2.45) is 17.4 Å². The zero-order valence-corrected chi connectivity index (χ0v) is 33.0. The Morgan fingerprint density at radius 3 is 1.95 bits per heavy atom. The van der Waals surface area contributed by atoms with Crippen molar-refractivity contribution >= 4 is 48.7 Å². The number of hydrogen-bond acceptors (Lipinski definition) is 11. The maximum atomic E-state index is 14.0. The van der Waals surface area contributed by atoms with E-state index in [-0.39, 0.29) is 44.7 Å². The van der Waals surface area contributed by atoms with Gasteiger partial charge in [0.25, 0.3) is 0 Å². The number of likely N-dealkylation sites (tertiary alicyclic amines) is 1. The van der Waals surface area contributed by atoms with E-state index in [0.717, 1.165) is 11.1 Å². The van der Waals surface area contributed by atoms with Gasteiger partial charge in [-0.3, -0.25) is 33.6 Å². The lowest BCUT2D eigenvalue weighted by Crippen LogP contribution is -2.58. The molecule has 0 aromatic heterocycles. The number of unbranched alkanes of at least 4 members (excludes halogenated alkanes) is 1. The van der Waals surface area contributed by atoms with Crippen molar-refractivity contribution in [2.45, 2.75) is 107 Å². The number of aliphatic carboxylic acids is 2. The Balaban J connectivity index is 1.47. The molecule has 17 nitrogen and oxygen atoms in total. The van der Waals surface area contributed by atoms with Crippen molar-refractivity contribution < 1.29 is 53.1 Å². The highest BCUT2D eigenvalue weighted by molar-refractivity contribution is 6.51. The van der Waals surface area contributed by atoms with Crippen LogP contribution >= 0.6 is 0 Å². The van der Waals surface area contributed by atoms with Gasteiger partial charge in [0.2, 0.25) is 23.6 Å². The van der Waals surface area contributed by atoms with Crippen LogP contribution < -0.4 is 27.4 Å². The summed E-state index contributed by atoms with van der Waals surface area (Å²) >= 11 is 0. The van der Waals surface area contributed by atoms with Gasteiger partial charge < -0.3 is 51.8 Å². The van der Waals surface area contributed by atoms with Crippen LogP contribution in [0.25, 0.3) is 0 Å². The summed E-state index contributed by atoms with van der Waals surface area (Å²) in [5.74, 6) is -6.81. The van der Waals surface area contributed by atoms with Gasteiger partial charge in [-0.2, -0.15) is 0 Å². The minimum Gasteiger partial charge on any atom is -0.507 e. The lowest BCUT2D eigenvalue weighted by Gasteiger charge is -2.28. The number of nitrogens with zero attached hydrogens (tertiary/aromatic N) is 1. The van der Waals surface area contributed by atoms with E-state index in [1.807, 2.05) is 74.5 Å². The van der Waals surface area contributed by atoms with E-state index in [4.69, 9.17) is 20.8 Å². The molecule has 2 aliphatic rings. The van der Waals surface area contributed by atoms with Crippen molar-refractivity contribution in [1.82, 2.24) is 20.9 Å². The Labute approximate surface area is 338 Å². The third-order valence-corrected chi connectivity index (χ3v) is 10.2. The molecule has 2 heterocycles. The van der Waals surface area contributed by atoms with Crippen LogP contribution in [0.4, 0.5) is 0 Å². The molecule has 4 amide bonds. The quantitative estimate of drug-likeness (QED) is 0.0642. The largest absolute Gasteiger partial charge is 0.533 e. The molecule has 4 rings (SSSR count). The van der Waals surface area contributed by atoms with Gasteiger partial charge in [-0.05, 0) is 62.1 Å². The highest BCUT2D eigenvalue weighted by atomic mass is 16.7. The smallest absolute Gasteiger partial charge is 0.507 e. The van der Waals surface area contributed by atoms with Gasteiger partial charge >= 0.3 is 25.0 Å². The Morgan fingerprint density at radius 1 is 0.828 bits per heavy atom. The van der Waals surface area contributed by atoms with E-state index in [1.165, 1.54) is 4.90 Å². The summed E-state index contributed by atoms with van der Waals surface area (Å²) in [6.07, 6.45) is 0.354. The van der Waals surface area contributed by atoms with Gasteiger partial charge in [-0.25, -0.2) is 0 Å². The fourth-order valence-corrected chi connectivity index (χ4v) is 7.20. The van der Waals surface area contributed by atoms with Gasteiger partial charge in [-0.1, -0.05) is 74.5 Å². The maximum absolute atomic E-state index is 14.0. The molecule has 2 aliphatic heterocycles. The van der Waals surface area contributed by atoms with Gasteiger partial charge in [0.1, 0.15) is 18.1 Å². The third kappa shape index (κ3) is 13.1. The molecule has 58 heavy (non-hydrogen) atoms. The molecule has 0 bridgehead atoms. The fourth-order valence-electron chi connectivity index (χ4n) is 7.20. The van der Waals surface area contributed by atoms with Gasteiger partial charge in [0.05, 0.1) is 18.9 Å². The highest BCUT2D eigenvalue weighted by Crippen LogP contribution is 2.38. The lowest BCUT2D eigenvalue weighted by atomic mass is 9.71. The topological polar surface area (TPSA) is 270 Å². The van der Waals surface area contributed by atoms with Crippen molar-refractivity contribution in [3.05, 3.63) is 71.8 Å². The maximum Gasteiger partial charge on any atom is 0.533 e. The summed E-state index contributed by atoms with van der Waals surface area (Å²) in [5, 5.41) is 27.2. The average molecular weight is 807 g/mol. The Bertz CT molecular complexity index is 1730. The van der Waals surface area contributed by atoms with Crippen LogP contribution in [0.1, 0.15) is 69.9 Å². The lowest BCUT2D eigenvalue weighted by molar-refractivity contribution is -0.157. The van der Waals surface area contributed by atoms with Crippen LogP contribution in [0, 0.1) is 5.92 Å². The molecule has 0 radical (unpaired) electrons. The number of carbonyl (C=O) groups excluding carboxylic acids is 5. The second-order valence-corrected chi connectivity index (χ2v) is 15.4. The van der Waals surface area contributed by atoms with Crippen LogP contribution in [-0.4, -0.2) is 113 Å². The van der Waals surface area contributed by atoms with Crippen LogP contribution in [0.5, 0.6) is 0 Å². The summed E-state index contributed by atoms with van der Waals surface area (Å²) in [6, 6.07) is 14.2. The molecule has 314 valence electrons. The zero-order valence-electron chi connectivity index (χ0n) is 33.0. The molecule has 2 aromatic rings. The van der Waals surface area contributed by atoms with E-state index < -0.39 is 97.1 Å². The molecule has 9 N–H and O–H groups in total. The molecule has 2 fully saturated rings. The first-order valence-electron chi connectivity index (χ1n) is 19.7. The van der Waals surface area contributed by atoms with Gasteiger partial charge in [0.15, 0.2) is 5.60 Å². The molecule has 0 spiro atoms. The molecule has 5 atom stereocenters. The molecular formula is C40H55BN6O11. The predicted molar refractivity (Wildman–Crippen MR) is 212 cm³/mol. The number of carboxylic acid groups (broad SMARTS) is 2. The zero-order chi connectivity index (χ0) is 42.4. The summed E-state index contributed by atoms with van der Waals surface area (Å²) < 4.78 is 11.0. The molecule has 2 aromatic carbocycles. The third-order valence-electron chi connectivity index (χ3n) is 10.2. The SMILES string of the molecule is CC(C)C[C@@H](NC(=O)[C@@H](Cc1ccccc1)NC(=O)[C@H](N)Cc1ccccc1)C(=O)N[C@H](CCCCN)C(=O)N1CCC(B2OC(=O)C(CC(=O)O)(CC(=O)O)O2)C1. The second-order valence-electron chi connectivity index (χ2n) is 15.4. The van der Waals surface area contributed by atoms with E-state index in [2.05, 4.69) is 16.0 Å². The summed E-state index contributed by atoms with van der Waals surface area (Å²) in [4.78, 5) is 92.7. The average Bonchev–Trinajstić information content (AvgIpc) is 3.78. The standard InChI is InChI=1S/C40H55BN6O11/c1-25(2)19-31(46-37(54)32(21-27-13-7-4-8-14-27)45-35(52)29(43)20-26-11-5-3-6-12-26)36(53)44-30(15-9-10-17-42)38(55)47-18-16-28(24-47)41-57-39(56)40(58-41,22-33(48)49)23-34(50)51/h3-8,11-14,25,28-32H,9-10,15-24,42-43H2,1-2H3,(H,44,53)(H,45,52)(H,46,54)(H,48,49)(H,50,51)/t28?,29-,30-,31-,32-/m1/s1. The van der Waals surface area contributed by atoms with E-state index in [9.17, 15) is 43.8 Å². The van der Waals surface area contributed by atoms with Crippen LogP contribution in [-0.2, 0) is 55.7 Å². The minimum absolute atomic E-state index is 0.0235. The fraction of sp³-hybridized carbons (Fsp3) is 0.525. The number of amides is 4. The number of rotatable bonds is 22. The number of hydrogen-bond donors (Lipinski definition) is 7.